The molecule has 2 aliphatic carbocycles. The summed E-state index contributed by atoms with van der Waals surface area (Å²) >= 11 is 0. The molecule has 2 heterocycles. The third-order valence-corrected chi connectivity index (χ3v) is 9.48. The Morgan fingerprint density at radius 1 is 0.878 bits per heavy atom. The van der Waals surface area contributed by atoms with Crippen LogP contribution in [-0.2, 0) is 38.2 Å². The van der Waals surface area contributed by atoms with E-state index in [4.69, 9.17) is 23.7 Å². The summed E-state index contributed by atoms with van der Waals surface area (Å²) in [5, 5.41) is 57.2. The van der Waals surface area contributed by atoms with Crippen molar-refractivity contribution >= 4 is 41.0 Å². The molecule has 0 aromatic heterocycles. The first kappa shape index (κ1) is 33.3. The predicted molar refractivity (Wildman–Crippen MR) is 164 cm³/mol. The van der Waals surface area contributed by atoms with E-state index in [1.807, 2.05) is 0 Å². The Hall–Kier alpha value is -5.57. The lowest BCUT2D eigenvalue weighted by atomic mass is 9.69. The van der Waals surface area contributed by atoms with Crippen molar-refractivity contribution in [3.8, 4) is 34.1 Å². The minimum atomic E-state index is -2.57. The van der Waals surface area contributed by atoms with Gasteiger partial charge in [0.15, 0.2) is 17.7 Å². The van der Waals surface area contributed by atoms with Gasteiger partial charge in [-0.2, -0.15) is 0 Å². The number of aromatic hydroxyl groups is 2. The topological polar surface area (TPSA) is 233 Å². The smallest absolute Gasteiger partial charge is 0.359 e. The molecule has 258 valence electrons. The van der Waals surface area contributed by atoms with Crippen molar-refractivity contribution in [2.75, 3.05) is 14.2 Å². The van der Waals surface area contributed by atoms with Crippen LogP contribution in [0.1, 0.15) is 49.8 Å². The average Bonchev–Trinajstić information content (AvgIpc) is 3.04. The van der Waals surface area contributed by atoms with Crippen molar-refractivity contribution in [1.29, 1.82) is 0 Å². The number of Topliss-reactive ketones (excluding diaryl/α,β-unsaturated/α-hetero) is 2. The van der Waals surface area contributed by atoms with Gasteiger partial charge in [0.05, 0.1) is 25.4 Å². The number of phenols is 2. The van der Waals surface area contributed by atoms with E-state index in [0.29, 0.717) is 0 Å². The van der Waals surface area contributed by atoms with E-state index in [2.05, 4.69) is 0 Å². The van der Waals surface area contributed by atoms with Gasteiger partial charge in [0.2, 0.25) is 0 Å². The maximum absolute atomic E-state index is 13.4. The Morgan fingerprint density at radius 3 is 2.12 bits per heavy atom. The number of fused-ring (bicyclic) bond motifs is 4. The van der Waals surface area contributed by atoms with Crippen LogP contribution < -0.4 is 9.47 Å². The van der Waals surface area contributed by atoms with Crippen LogP contribution in [-0.4, -0.2) is 92.6 Å². The third kappa shape index (κ3) is 4.34. The zero-order valence-electron chi connectivity index (χ0n) is 26.9. The van der Waals surface area contributed by atoms with Crippen LogP contribution in [0.5, 0.6) is 23.0 Å². The van der Waals surface area contributed by atoms with E-state index in [9.17, 15) is 49.5 Å². The summed E-state index contributed by atoms with van der Waals surface area (Å²) in [4.78, 5) is 65.3. The SMILES string of the molecule is COC(=O)[C@@]12Oc3cc(C)c(-c4ccc(O)c5c4O[C@]4(C(=O)OC)C(=C5O)C(=O)C[C@H](C)[C@@H]4O)c(O)c3C(O)=C1C(=O)CCC2OC(C)=O. The van der Waals surface area contributed by atoms with Crippen LogP contribution in [0.2, 0.25) is 0 Å². The Bertz CT molecular complexity index is 1950. The summed E-state index contributed by atoms with van der Waals surface area (Å²) in [7, 11) is 2.01. The van der Waals surface area contributed by atoms with Crippen molar-refractivity contribution in [3.05, 3.63) is 46.0 Å². The molecular formula is C34H32O15. The van der Waals surface area contributed by atoms with Gasteiger partial charge < -0.3 is 49.2 Å². The second-order valence-electron chi connectivity index (χ2n) is 12.3. The lowest BCUT2D eigenvalue weighted by molar-refractivity contribution is -0.179. The minimum absolute atomic E-state index is 0.104. The molecule has 1 unspecified atom stereocenters. The predicted octanol–water partition coefficient (Wildman–Crippen LogP) is 2.48. The maximum Gasteiger partial charge on any atom is 0.359 e. The molecule has 2 aromatic carbocycles. The van der Waals surface area contributed by atoms with Gasteiger partial charge in [-0.3, -0.25) is 14.4 Å². The molecular weight excluding hydrogens is 648 g/mol. The van der Waals surface area contributed by atoms with Crippen molar-refractivity contribution in [2.45, 2.75) is 63.4 Å². The number of rotatable bonds is 4. The molecule has 5 atom stereocenters. The van der Waals surface area contributed by atoms with Crippen LogP contribution in [0, 0.1) is 12.8 Å². The molecule has 2 saturated carbocycles. The molecule has 6 rings (SSSR count). The van der Waals surface area contributed by atoms with E-state index in [1.165, 1.54) is 26.0 Å². The number of ether oxygens (including phenoxy) is 5. The fraction of sp³-hybridized carbons (Fsp3) is 0.382. The van der Waals surface area contributed by atoms with Crippen molar-refractivity contribution in [1.82, 2.24) is 0 Å². The van der Waals surface area contributed by atoms with E-state index < -0.39 is 110 Å². The van der Waals surface area contributed by atoms with Gasteiger partial charge in [-0.25, -0.2) is 9.59 Å². The summed E-state index contributed by atoms with van der Waals surface area (Å²) < 4.78 is 27.5. The van der Waals surface area contributed by atoms with E-state index in [0.717, 1.165) is 27.2 Å². The van der Waals surface area contributed by atoms with Crippen molar-refractivity contribution in [3.63, 3.8) is 0 Å². The van der Waals surface area contributed by atoms with Crippen molar-refractivity contribution < 1.29 is 73.2 Å². The quantitative estimate of drug-likeness (QED) is 0.231. The number of hydrogen-bond donors (Lipinski definition) is 5. The summed E-state index contributed by atoms with van der Waals surface area (Å²) in [6.07, 6.45) is -3.79. The Balaban J connectivity index is 1.64. The first-order valence-corrected chi connectivity index (χ1v) is 15.2. The highest BCUT2D eigenvalue weighted by atomic mass is 16.6. The number of esters is 3. The molecule has 2 aromatic rings. The van der Waals surface area contributed by atoms with Gasteiger partial charge in [-0.1, -0.05) is 6.92 Å². The number of benzene rings is 2. The van der Waals surface area contributed by atoms with Crippen molar-refractivity contribution in [2.24, 2.45) is 5.92 Å². The van der Waals surface area contributed by atoms with E-state index in [-0.39, 0.29) is 41.7 Å². The summed E-state index contributed by atoms with van der Waals surface area (Å²) in [5.41, 5.74) is -7.18. The van der Waals surface area contributed by atoms with Gasteiger partial charge in [0, 0.05) is 30.9 Å². The fourth-order valence-electron chi connectivity index (χ4n) is 7.36. The summed E-state index contributed by atoms with van der Waals surface area (Å²) in [6, 6.07) is 3.67. The molecule has 0 spiro atoms. The second-order valence-corrected chi connectivity index (χ2v) is 12.3. The first-order chi connectivity index (χ1) is 23.1. The van der Waals surface area contributed by atoms with Gasteiger partial charge in [0.25, 0.3) is 11.2 Å². The van der Waals surface area contributed by atoms with E-state index in [1.54, 1.807) is 0 Å². The van der Waals surface area contributed by atoms with Gasteiger partial charge in [0.1, 0.15) is 51.7 Å². The first-order valence-electron chi connectivity index (χ1n) is 15.2. The highest BCUT2D eigenvalue weighted by molar-refractivity contribution is 6.14. The number of aliphatic hydroxyl groups excluding tert-OH is 3. The molecule has 0 radical (unpaired) electrons. The molecule has 5 N–H and O–H groups in total. The average molecular weight is 681 g/mol. The number of carbonyl (C=O) groups excluding carboxylic acids is 5. The maximum atomic E-state index is 13.4. The monoisotopic (exact) mass is 680 g/mol. The zero-order chi connectivity index (χ0) is 35.9. The summed E-state index contributed by atoms with van der Waals surface area (Å²) in [6.45, 7) is 4.06. The molecule has 15 nitrogen and oxygen atoms in total. The number of aliphatic hydroxyl groups is 3. The van der Waals surface area contributed by atoms with Crippen LogP contribution in [0.4, 0.5) is 0 Å². The fourth-order valence-corrected chi connectivity index (χ4v) is 7.36. The summed E-state index contributed by atoms with van der Waals surface area (Å²) in [5.74, 6) is -9.31. The number of ketones is 2. The molecule has 2 aliphatic heterocycles. The zero-order valence-corrected chi connectivity index (χ0v) is 26.9. The lowest BCUT2D eigenvalue weighted by Gasteiger charge is -2.45. The molecule has 0 bridgehead atoms. The minimum Gasteiger partial charge on any atom is -0.507 e. The largest absolute Gasteiger partial charge is 0.507 e. The van der Waals surface area contributed by atoms with Crippen LogP contribution in [0.3, 0.4) is 0 Å². The molecule has 49 heavy (non-hydrogen) atoms. The van der Waals surface area contributed by atoms with Crippen LogP contribution in [0.15, 0.2) is 29.3 Å². The highest BCUT2D eigenvalue weighted by Crippen LogP contribution is 2.57. The molecule has 4 aliphatic rings. The number of carbonyl (C=O) groups is 5. The Morgan fingerprint density at radius 2 is 1.49 bits per heavy atom. The number of methoxy groups -OCH3 is 2. The lowest BCUT2D eigenvalue weighted by Crippen LogP contribution is -2.64. The molecule has 15 heteroatoms. The standard InChI is InChI=1S/C34H32O15/c1-12-11-19-23(28(41)24-17(37)8-9-20(47-14(3)35)33(24,48-19)31(43)45-4)26(39)21(12)15-6-7-16(36)22-27(40)25-18(38)10-13(2)30(42)34(25,32(44)46-5)49-29(15)22/h6-7,11,13,20,30,36,39-42H,8-10H2,1-5H3/t13-,20?,30-,33-,34+/m0/s1. The number of hydrogen-bond acceptors (Lipinski definition) is 15. The Kier molecular flexibility index (Phi) is 7.66. The molecule has 0 amide bonds. The molecule has 2 fully saturated rings. The third-order valence-electron chi connectivity index (χ3n) is 9.48. The second kappa shape index (κ2) is 11.3. The molecule has 0 saturated heterocycles. The normalized spacial score (nSPS) is 27.1. The number of aryl methyl sites for hydroxylation is 1. The van der Waals surface area contributed by atoms with Crippen LogP contribution in [0.25, 0.3) is 22.6 Å². The van der Waals surface area contributed by atoms with Gasteiger partial charge in [-0.05, 0) is 43.0 Å². The van der Waals surface area contributed by atoms with Gasteiger partial charge in [-0.15, -0.1) is 0 Å². The van der Waals surface area contributed by atoms with Crippen LogP contribution >= 0.6 is 0 Å². The highest BCUT2D eigenvalue weighted by Gasteiger charge is 2.64. The Labute approximate surface area is 277 Å². The van der Waals surface area contributed by atoms with Gasteiger partial charge >= 0.3 is 17.9 Å². The van der Waals surface area contributed by atoms with E-state index >= 15 is 0 Å². The number of phenolic OH excluding ortho intramolecular Hbond substituents is 2.